The Morgan fingerprint density at radius 3 is 2.57 bits per heavy atom. The largest absolute Gasteiger partial charge is 0.367 e. The monoisotopic (exact) mass is 306 g/mol. The summed E-state index contributed by atoms with van der Waals surface area (Å²) in [7, 11) is 2.14. The maximum absolute atomic E-state index is 11.4. The van der Waals surface area contributed by atoms with E-state index < -0.39 is 0 Å². The molecule has 1 aromatic carbocycles. The molecule has 5 nitrogen and oxygen atoms in total. The molecular formula is C15H22N4OS. The molecule has 0 aromatic heterocycles. The van der Waals surface area contributed by atoms with E-state index in [1.165, 1.54) is 0 Å². The van der Waals surface area contributed by atoms with Crippen LogP contribution in [0.5, 0.6) is 0 Å². The van der Waals surface area contributed by atoms with E-state index in [0.29, 0.717) is 11.5 Å². The fraction of sp³-hybridized carbons (Fsp3) is 0.467. The van der Waals surface area contributed by atoms with Gasteiger partial charge in [-0.3, -0.25) is 4.79 Å². The first-order valence-electron chi connectivity index (χ1n) is 7.23. The van der Waals surface area contributed by atoms with Gasteiger partial charge in [0.25, 0.3) is 0 Å². The zero-order valence-electron chi connectivity index (χ0n) is 12.6. The fourth-order valence-corrected chi connectivity index (χ4v) is 2.49. The highest BCUT2D eigenvalue weighted by atomic mass is 32.1. The molecule has 2 N–H and O–H groups in total. The van der Waals surface area contributed by atoms with E-state index in [1.54, 1.807) is 6.92 Å². The highest BCUT2D eigenvalue weighted by molar-refractivity contribution is 7.80. The summed E-state index contributed by atoms with van der Waals surface area (Å²) in [5.41, 5.74) is 2.06. The number of benzene rings is 1. The second-order valence-electron chi connectivity index (χ2n) is 5.16. The van der Waals surface area contributed by atoms with Gasteiger partial charge in [0.2, 0.25) is 5.91 Å². The van der Waals surface area contributed by atoms with Crippen molar-refractivity contribution in [2.45, 2.75) is 13.3 Å². The van der Waals surface area contributed by atoms with Crippen LogP contribution in [0.1, 0.15) is 13.3 Å². The smallest absolute Gasteiger partial charge is 0.225 e. The van der Waals surface area contributed by atoms with Crippen LogP contribution in [0.3, 0.4) is 0 Å². The van der Waals surface area contributed by atoms with Gasteiger partial charge in [0.05, 0.1) is 11.4 Å². The third-order valence-corrected chi connectivity index (χ3v) is 3.77. The number of carbonyl (C=O) groups is 1. The minimum Gasteiger partial charge on any atom is -0.367 e. The number of carbonyl (C=O) groups excluding carboxylic acids is 1. The van der Waals surface area contributed by atoms with Crippen LogP contribution >= 0.6 is 12.2 Å². The van der Waals surface area contributed by atoms with E-state index in [1.807, 2.05) is 18.2 Å². The van der Waals surface area contributed by atoms with Crippen molar-refractivity contribution in [1.29, 1.82) is 0 Å². The molecule has 0 unspecified atom stereocenters. The molecular weight excluding hydrogens is 284 g/mol. The lowest BCUT2D eigenvalue weighted by Gasteiger charge is -2.35. The number of para-hydroxylation sites is 2. The summed E-state index contributed by atoms with van der Waals surface area (Å²) in [6.07, 6.45) is 0.419. The van der Waals surface area contributed by atoms with Gasteiger partial charge in [-0.2, -0.15) is 0 Å². The predicted molar refractivity (Wildman–Crippen MR) is 90.8 cm³/mol. The van der Waals surface area contributed by atoms with E-state index >= 15 is 0 Å². The van der Waals surface area contributed by atoms with E-state index in [4.69, 9.17) is 12.2 Å². The van der Waals surface area contributed by atoms with Crippen LogP contribution in [0, 0.1) is 0 Å². The Hall–Kier alpha value is -1.66. The number of hydrogen-bond donors (Lipinski definition) is 2. The molecule has 1 saturated heterocycles. The number of nitrogens with one attached hydrogen (secondary N) is 2. The third-order valence-electron chi connectivity index (χ3n) is 3.57. The van der Waals surface area contributed by atoms with Gasteiger partial charge in [0.15, 0.2) is 5.11 Å². The minimum absolute atomic E-state index is 0.0791. The van der Waals surface area contributed by atoms with Crippen LogP contribution in [0.4, 0.5) is 11.4 Å². The topological polar surface area (TPSA) is 47.6 Å². The number of piperazine rings is 1. The van der Waals surface area contributed by atoms with E-state index in [0.717, 1.165) is 37.6 Å². The fourth-order valence-electron chi connectivity index (χ4n) is 2.27. The molecule has 1 fully saturated rings. The molecule has 1 aromatic rings. The molecule has 1 heterocycles. The van der Waals surface area contributed by atoms with Gasteiger partial charge < -0.3 is 20.4 Å². The van der Waals surface area contributed by atoms with Crippen molar-refractivity contribution in [3.63, 3.8) is 0 Å². The standard InChI is InChI=1S/C15H22N4OS/c1-3-14(20)17-15(21)16-12-6-4-5-7-13(12)19-10-8-18(2)9-11-19/h4-7H,3,8-11H2,1-2H3,(H2,16,17,20,21). The Kier molecular flexibility index (Phi) is 5.52. The van der Waals surface area contributed by atoms with Gasteiger partial charge in [0.1, 0.15) is 0 Å². The molecule has 0 radical (unpaired) electrons. The predicted octanol–water partition coefficient (Wildman–Crippen LogP) is 1.66. The molecule has 1 aliphatic heterocycles. The summed E-state index contributed by atoms with van der Waals surface area (Å²) in [4.78, 5) is 16.0. The zero-order chi connectivity index (χ0) is 15.2. The Bertz CT molecular complexity index is 512. The lowest BCUT2D eigenvalue weighted by molar-refractivity contribution is -0.119. The summed E-state index contributed by atoms with van der Waals surface area (Å²) in [6.45, 7) is 5.87. The van der Waals surface area contributed by atoms with Crippen LogP contribution in [-0.2, 0) is 4.79 Å². The van der Waals surface area contributed by atoms with Crippen molar-refractivity contribution in [3.05, 3.63) is 24.3 Å². The van der Waals surface area contributed by atoms with Crippen LogP contribution in [0.25, 0.3) is 0 Å². The molecule has 114 valence electrons. The van der Waals surface area contributed by atoms with Crippen molar-refractivity contribution in [2.75, 3.05) is 43.4 Å². The van der Waals surface area contributed by atoms with E-state index in [2.05, 4.69) is 33.5 Å². The highest BCUT2D eigenvalue weighted by Crippen LogP contribution is 2.26. The van der Waals surface area contributed by atoms with Crippen LogP contribution in [0.15, 0.2) is 24.3 Å². The summed E-state index contributed by atoms with van der Waals surface area (Å²) in [6, 6.07) is 8.05. The first kappa shape index (κ1) is 15.7. The van der Waals surface area contributed by atoms with Crippen LogP contribution < -0.4 is 15.5 Å². The van der Waals surface area contributed by atoms with Gasteiger partial charge >= 0.3 is 0 Å². The highest BCUT2D eigenvalue weighted by Gasteiger charge is 2.17. The quantitative estimate of drug-likeness (QED) is 0.832. The number of likely N-dealkylation sites (N-methyl/N-ethyl adjacent to an activating group) is 1. The molecule has 0 spiro atoms. The second kappa shape index (κ2) is 7.38. The number of rotatable bonds is 3. The van der Waals surface area contributed by atoms with Gasteiger partial charge in [0, 0.05) is 32.6 Å². The van der Waals surface area contributed by atoms with Crippen LogP contribution in [-0.4, -0.2) is 49.1 Å². The van der Waals surface area contributed by atoms with Crippen molar-refractivity contribution >= 4 is 34.6 Å². The summed E-state index contributed by atoms with van der Waals surface area (Å²) in [5.74, 6) is -0.0791. The average Bonchev–Trinajstić information content (AvgIpc) is 2.48. The first-order valence-corrected chi connectivity index (χ1v) is 7.64. The lowest BCUT2D eigenvalue weighted by Crippen LogP contribution is -2.45. The van der Waals surface area contributed by atoms with Gasteiger partial charge in [-0.05, 0) is 31.4 Å². The Morgan fingerprint density at radius 2 is 1.90 bits per heavy atom. The number of hydrogen-bond acceptors (Lipinski definition) is 4. The molecule has 1 amide bonds. The Morgan fingerprint density at radius 1 is 1.24 bits per heavy atom. The van der Waals surface area contributed by atoms with E-state index in [-0.39, 0.29) is 5.91 Å². The molecule has 0 bridgehead atoms. The molecule has 2 rings (SSSR count). The van der Waals surface area contributed by atoms with Gasteiger partial charge in [-0.1, -0.05) is 19.1 Å². The van der Waals surface area contributed by atoms with Crippen molar-refractivity contribution in [1.82, 2.24) is 10.2 Å². The molecule has 0 aliphatic carbocycles. The number of anilines is 2. The number of amides is 1. The maximum Gasteiger partial charge on any atom is 0.225 e. The van der Waals surface area contributed by atoms with Crippen LogP contribution in [0.2, 0.25) is 0 Å². The number of thiocarbonyl (C=S) groups is 1. The Balaban J connectivity index is 2.06. The normalized spacial score (nSPS) is 15.6. The summed E-state index contributed by atoms with van der Waals surface area (Å²) >= 11 is 5.19. The summed E-state index contributed by atoms with van der Waals surface area (Å²) < 4.78 is 0. The Labute approximate surface area is 131 Å². The maximum atomic E-state index is 11.4. The molecule has 0 saturated carbocycles. The molecule has 21 heavy (non-hydrogen) atoms. The summed E-state index contributed by atoms with van der Waals surface area (Å²) in [5, 5.41) is 6.15. The molecule has 1 aliphatic rings. The zero-order valence-corrected chi connectivity index (χ0v) is 13.4. The average molecular weight is 306 g/mol. The third kappa shape index (κ3) is 4.41. The van der Waals surface area contributed by atoms with E-state index in [9.17, 15) is 4.79 Å². The van der Waals surface area contributed by atoms with Gasteiger partial charge in [-0.15, -0.1) is 0 Å². The van der Waals surface area contributed by atoms with Gasteiger partial charge in [-0.25, -0.2) is 0 Å². The van der Waals surface area contributed by atoms with Crippen molar-refractivity contribution < 1.29 is 4.79 Å². The minimum atomic E-state index is -0.0791. The molecule has 0 atom stereocenters. The second-order valence-corrected chi connectivity index (χ2v) is 5.57. The lowest BCUT2D eigenvalue weighted by atomic mass is 10.2. The first-order chi connectivity index (χ1) is 10.1. The van der Waals surface area contributed by atoms with Crippen molar-refractivity contribution in [3.8, 4) is 0 Å². The SMILES string of the molecule is CCC(=O)NC(=S)Nc1ccccc1N1CCN(C)CC1. The number of nitrogens with zero attached hydrogens (tertiary/aromatic N) is 2. The molecule has 6 heteroatoms. The van der Waals surface area contributed by atoms with Crippen molar-refractivity contribution in [2.24, 2.45) is 0 Å².